The molecule has 4 aliphatic rings. The van der Waals surface area contributed by atoms with Crippen molar-refractivity contribution in [2.75, 3.05) is 19.8 Å². The Kier molecular flexibility index (Phi) is 14.6. The number of hydrogen-bond donors (Lipinski definition) is 1. The summed E-state index contributed by atoms with van der Waals surface area (Å²) in [6.07, 6.45) is -6.99. The van der Waals surface area contributed by atoms with Crippen LogP contribution in [0.3, 0.4) is 0 Å². The zero-order valence-corrected chi connectivity index (χ0v) is 35.5. The average Bonchev–Trinajstić information content (AvgIpc) is 3.81. The van der Waals surface area contributed by atoms with Gasteiger partial charge >= 0.3 is 0 Å². The lowest BCUT2D eigenvalue weighted by molar-refractivity contribution is -0.330. The second-order valence-electron chi connectivity index (χ2n) is 17.0. The highest BCUT2D eigenvalue weighted by molar-refractivity contribution is 5.16. The van der Waals surface area contributed by atoms with Crippen LogP contribution in [0.2, 0.25) is 0 Å². The first-order chi connectivity index (χ1) is 29.6. The predicted octanol–water partition coefficient (Wildman–Crippen LogP) is 6.89. The van der Waals surface area contributed by atoms with E-state index in [4.69, 9.17) is 52.1 Å². The lowest BCUT2D eigenvalue weighted by atomic mass is 9.91. The SMILES string of the molecule is CC1(C)O[C@@H]2[C@H](O1)[C@@H](O)[C@H](CCO[C@H]1O[C@H](COCc3ccccc3)[C@@H](OCc3ccccc3)[C@H](OCc3ccccc3)[C@@H]1OCc1ccccc1)O[C@@H]2[C@H]1COC(C)(C)O1. The van der Waals surface area contributed by atoms with Gasteiger partial charge in [0.25, 0.3) is 0 Å². The minimum absolute atomic E-state index is 0.151. The third-order valence-corrected chi connectivity index (χ3v) is 11.5. The molecule has 0 aromatic heterocycles. The summed E-state index contributed by atoms with van der Waals surface area (Å²) >= 11 is 0. The quantitative estimate of drug-likeness (QED) is 0.112. The van der Waals surface area contributed by atoms with Gasteiger partial charge in [0.15, 0.2) is 17.9 Å². The van der Waals surface area contributed by atoms with Gasteiger partial charge in [-0.05, 0) is 56.4 Å². The fourth-order valence-corrected chi connectivity index (χ4v) is 8.50. The van der Waals surface area contributed by atoms with Crippen LogP contribution in [0, 0.1) is 0 Å². The third-order valence-electron chi connectivity index (χ3n) is 11.5. The Morgan fingerprint density at radius 2 is 1.03 bits per heavy atom. The number of fused-ring (bicyclic) bond motifs is 1. The van der Waals surface area contributed by atoms with Gasteiger partial charge in [-0.25, -0.2) is 0 Å². The smallest absolute Gasteiger partial charge is 0.186 e. The molecule has 0 unspecified atom stereocenters. The minimum Gasteiger partial charge on any atom is -0.388 e. The van der Waals surface area contributed by atoms with Crippen LogP contribution in [0.25, 0.3) is 0 Å². The zero-order valence-electron chi connectivity index (χ0n) is 35.5. The van der Waals surface area contributed by atoms with Crippen molar-refractivity contribution in [1.29, 1.82) is 0 Å². The molecule has 328 valence electrons. The maximum Gasteiger partial charge on any atom is 0.186 e. The van der Waals surface area contributed by atoms with Crippen molar-refractivity contribution >= 4 is 0 Å². The third kappa shape index (κ3) is 11.5. The largest absolute Gasteiger partial charge is 0.388 e. The minimum atomic E-state index is -0.990. The van der Waals surface area contributed by atoms with Crippen LogP contribution >= 0.6 is 0 Å². The summed E-state index contributed by atoms with van der Waals surface area (Å²) in [4.78, 5) is 0. The summed E-state index contributed by atoms with van der Waals surface area (Å²) in [6, 6.07) is 40.1. The first kappa shape index (κ1) is 44.0. The highest BCUT2D eigenvalue weighted by Crippen LogP contribution is 2.42. The molecular formula is C49H60O12. The highest BCUT2D eigenvalue weighted by atomic mass is 16.8. The van der Waals surface area contributed by atoms with Gasteiger partial charge in [-0.15, -0.1) is 0 Å². The lowest BCUT2D eigenvalue weighted by Gasteiger charge is -2.46. The van der Waals surface area contributed by atoms with E-state index < -0.39 is 78.9 Å². The van der Waals surface area contributed by atoms with Crippen molar-refractivity contribution in [2.24, 2.45) is 0 Å². The summed E-state index contributed by atoms with van der Waals surface area (Å²) < 4.78 is 71.8. The molecule has 12 heteroatoms. The molecule has 0 saturated carbocycles. The average molecular weight is 841 g/mol. The molecule has 4 saturated heterocycles. The standard InChI is InChI=1S/C49H60O12/c1-48(2)56-32-39(59-48)42-45-43(60-49(3,4)61-45)40(50)37(57-42)25-26-52-47-46(55-30-36-23-15-8-16-24-36)44(54-29-35-21-13-7-14-22-35)41(53-28-34-19-11-6-12-20-34)38(58-47)31-51-27-33-17-9-5-10-18-33/h5-24,37-47,50H,25-32H2,1-4H3/t37-,38+,39+,40-,41+,42+,43+,44-,45-,46-,47-/m0/s1. The van der Waals surface area contributed by atoms with Gasteiger partial charge in [-0.3, -0.25) is 0 Å². The molecule has 11 atom stereocenters. The summed E-state index contributed by atoms with van der Waals surface area (Å²) in [6.45, 7) is 9.40. The van der Waals surface area contributed by atoms with Crippen molar-refractivity contribution < 1.29 is 57.2 Å². The van der Waals surface area contributed by atoms with E-state index in [-0.39, 0.29) is 19.8 Å². The molecular weight excluding hydrogens is 781 g/mol. The molecule has 12 nitrogen and oxygen atoms in total. The van der Waals surface area contributed by atoms with Crippen molar-refractivity contribution in [3.05, 3.63) is 144 Å². The van der Waals surface area contributed by atoms with Gasteiger partial charge < -0.3 is 57.2 Å². The number of rotatable bonds is 18. The van der Waals surface area contributed by atoms with E-state index >= 15 is 0 Å². The second kappa shape index (κ2) is 20.3. The molecule has 4 heterocycles. The molecule has 0 radical (unpaired) electrons. The second-order valence-corrected chi connectivity index (χ2v) is 17.0. The van der Waals surface area contributed by atoms with E-state index in [0.717, 1.165) is 22.3 Å². The van der Waals surface area contributed by atoms with Gasteiger partial charge in [-0.2, -0.15) is 0 Å². The fourth-order valence-electron chi connectivity index (χ4n) is 8.50. The summed E-state index contributed by atoms with van der Waals surface area (Å²) in [5, 5.41) is 11.7. The van der Waals surface area contributed by atoms with E-state index in [1.54, 1.807) is 0 Å². The Labute approximate surface area is 359 Å². The molecule has 4 aromatic rings. The first-order valence-electron chi connectivity index (χ1n) is 21.5. The maximum absolute atomic E-state index is 11.7. The van der Waals surface area contributed by atoms with Gasteiger partial charge in [0.1, 0.15) is 54.9 Å². The van der Waals surface area contributed by atoms with E-state index in [1.165, 1.54) is 0 Å². The number of hydrogen-bond acceptors (Lipinski definition) is 12. The van der Waals surface area contributed by atoms with Crippen molar-refractivity contribution in [2.45, 2.75) is 139 Å². The fraction of sp³-hybridized carbons (Fsp3) is 0.510. The van der Waals surface area contributed by atoms with Gasteiger partial charge in [0.05, 0.1) is 52.4 Å². The van der Waals surface area contributed by atoms with Crippen LogP contribution < -0.4 is 0 Å². The normalized spacial score (nSPS) is 31.8. The van der Waals surface area contributed by atoms with Crippen LogP contribution in [0.1, 0.15) is 56.4 Å². The van der Waals surface area contributed by atoms with Crippen LogP contribution in [0.15, 0.2) is 121 Å². The maximum atomic E-state index is 11.7. The van der Waals surface area contributed by atoms with Crippen molar-refractivity contribution in [3.8, 4) is 0 Å². The van der Waals surface area contributed by atoms with E-state index in [1.807, 2.05) is 149 Å². The van der Waals surface area contributed by atoms with Crippen molar-refractivity contribution in [1.82, 2.24) is 0 Å². The Morgan fingerprint density at radius 1 is 0.525 bits per heavy atom. The highest BCUT2D eigenvalue weighted by Gasteiger charge is 2.58. The first-order valence-corrected chi connectivity index (χ1v) is 21.5. The van der Waals surface area contributed by atoms with E-state index in [2.05, 4.69) is 0 Å². The molecule has 4 aromatic carbocycles. The molecule has 0 spiro atoms. The number of aliphatic hydroxyl groups excluding tert-OH is 1. The van der Waals surface area contributed by atoms with Crippen LogP contribution in [0.5, 0.6) is 0 Å². The van der Waals surface area contributed by atoms with Gasteiger partial charge in [0, 0.05) is 0 Å². The molecule has 0 aliphatic carbocycles. The van der Waals surface area contributed by atoms with Crippen LogP contribution in [-0.2, 0) is 78.5 Å². The number of aliphatic hydroxyl groups is 1. The summed E-state index contributed by atoms with van der Waals surface area (Å²) in [5.74, 6) is -1.69. The van der Waals surface area contributed by atoms with E-state index in [9.17, 15) is 5.11 Å². The van der Waals surface area contributed by atoms with Gasteiger partial charge in [-0.1, -0.05) is 121 Å². The zero-order chi connectivity index (χ0) is 42.2. The van der Waals surface area contributed by atoms with Crippen LogP contribution in [-0.4, -0.2) is 104 Å². The van der Waals surface area contributed by atoms with Gasteiger partial charge in [0.2, 0.25) is 0 Å². The van der Waals surface area contributed by atoms with E-state index in [0.29, 0.717) is 32.8 Å². The molecule has 8 rings (SSSR count). The van der Waals surface area contributed by atoms with Crippen molar-refractivity contribution in [3.63, 3.8) is 0 Å². The Bertz CT molecular complexity index is 1900. The predicted molar refractivity (Wildman–Crippen MR) is 224 cm³/mol. The summed E-state index contributed by atoms with van der Waals surface area (Å²) in [5.41, 5.74) is 4.04. The Morgan fingerprint density at radius 3 is 1.57 bits per heavy atom. The monoisotopic (exact) mass is 840 g/mol. The molecule has 61 heavy (non-hydrogen) atoms. The Hall–Kier alpha value is -3.60. The molecule has 0 bridgehead atoms. The molecule has 4 fully saturated rings. The van der Waals surface area contributed by atoms with Crippen LogP contribution in [0.4, 0.5) is 0 Å². The number of ether oxygens (including phenoxy) is 11. The summed E-state index contributed by atoms with van der Waals surface area (Å²) in [7, 11) is 0. The molecule has 0 amide bonds. The molecule has 4 aliphatic heterocycles. The Balaban J connectivity index is 1.05. The lowest BCUT2D eigenvalue weighted by Crippen LogP contribution is -2.62. The molecule has 1 N–H and O–H groups in total. The topological polar surface area (TPSA) is 122 Å². The number of benzene rings is 4.